The normalized spacial score (nSPS) is 12.5. The summed E-state index contributed by atoms with van der Waals surface area (Å²) in [7, 11) is 0. The lowest BCUT2D eigenvalue weighted by molar-refractivity contribution is -0.143. The van der Waals surface area contributed by atoms with Crippen LogP contribution in [0.15, 0.2) is 0 Å². The maximum atomic E-state index is 12.5. The first-order valence-electron chi connectivity index (χ1n) is 30.8. The third-order valence-corrected chi connectivity index (χ3v) is 14.7. The maximum absolute atomic E-state index is 12.5. The largest absolute Gasteiger partial charge is 0.466 e. The highest BCUT2D eigenvalue weighted by molar-refractivity contribution is 5.76. The molecule has 0 bridgehead atoms. The number of aliphatic hydroxyl groups excluding tert-OH is 2. The number of unbranched alkanes of at least 4 members (excludes halogenated alkanes) is 47. The predicted octanol–water partition coefficient (Wildman–Crippen LogP) is 19.1. The summed E-state index contributed by atoms with van der Waals surface area (Å²) in [6, 6.07) is -0.538. The molecule has 0 fully saturated rings. The van der Waals surface area contributed by atoms with Gasteiger partial charge in [-0.25, -0.2) is 0 Å². The van der Waals surface area contributed by atoms with E-state index in [1.54, 1.807) is 0 Å². The van der Waals surface area contributed by atoms with Crippen LogP contribution >= 0.6 is 0 Å². The second kappa shape index (κ2) is 57.4. The molecule has 0 aliphatic heterocycles. The molecule has 0 radical (unpaired) electrons. The Kier molecular flexibility index (Phi) is 56.5. The molecule has 6 heteroatoms. The van der Waals surface area contributed by atoms with Crippen molar-refractivity contribution in [2.75, 3.05) is 13.2 Å². The molecule has 0 aromatic rings. The van der Waals surface area contributed by atoms with Gasteiger partial charge in [0.1, 0.15) is 0 Å². The molecule has 3 N–H and O–H groups in total. The molecule has 0 rings (SSSR count). The lowest BCUT2D eigenvalue weighted by atomic mass is 10.0. The highest BCUT2D eigenvalue weighted by atomic mass is 16.5. The Morgan fingerprint density at radius 2 is 0.612 bits per heavy atom. The molecule has 2 unspecified atom stereocenters. The monoisotopic (exact) mass is 948 g/mol. The van der Waals surface area contributed by atoms with Crippen LogP contribution in [0.4, 0.5) is 0 Å². The first kappa shape index (κ1) is 65.9. The van der Waals surface area contributed by atoms with Gasteiger partial charge in [0.15, 0.2) is 0 Å². The van der Waals surface area contributed by atoms with E-state index in [9.17, 15) is 19.8 Å². The number of amides is 1. The van der Waals surface area contributed by atoms with Crippen LogP contribution in [-0.4, -0.2) is 47.4 Å². The number of hydrogen-bond acceptors (Lipinski definition) is 5. The van der Waals surface area contributed by atoms with Gasteiger partial charge in [0, 0.05) is 12.8 Å². The second-order valence-electron chi connectivity index (χ2n) is 21.4. The second-order valence-corrected chi connectivity index (χ2v) is 21.4. The predicted molar refractivity (Wildman–Crippen MR) is 292 cm³/mol. The van der Waals surface area contributed by atoms with E-state index >= 15 is 0 Å². The zero-order valence-electron chi connectivity index (χ0n) is 45.7. The summed E-state index contributed by atoms with van der Waals surface area (Å²) < 4.78 is 5.48. The molecule has 400 valence electrons. The minimum absolute atomic E-state index is 0.0178. The summed E-state index contributed by atoms with van der Waals surface area (Å²) in [5.41, 5.74) is 0. The van der Waals surface area contributed by atoms with Crippen molar-refractivity contribution >= 4 is 11.9 Å². The minimum atomic E-state index is -0.661. The number of aliphatic hydroxyl groups is 2. The fraction of sp³-hybridized carbons (Fsp3) is 0.967. The summed E-state index contributed by atoms with van der Waals surface area (Å²) in [5, 5.41) is 23.2. The van der Waals surface area contributed by atoms with Crippen molar-refractivity contribution in [3.63, 3.8) is 0 Å². The highest BCUT2D eigenvalue weighted by Gasteiger charge is 2.20. The molecule has 0 saturated heterocycles. The van der Waals surface area contributed by atoms with Crippen molar-refractivity contribution in [2.24, 2.45) is 0 Å². The van der Waals surface area contributed by atoms with Gasteiger partial charge in [-0.3, -0.25) is 9.59 Å². The van der Waals surface area contributed by atoms with E-state index in [2.05, 4.69) is 19.2 Å². The molecule has 0 heterocycles. The molecule has 0 aliphatic rings. The molecule has 67 heavy (non-hydrogen) atoms. The Balaban J connectivity index is 3.34. The smallest absolute Gasteiger partial charge is 0.305 e. The minimum Gasteiger partial charge on any atom is -0.466 e. The van der Waals surface area contributed by atoms with Crippen LogP contribution in [0.2, 0.25) is 0 Å². The lowest BCUT2D eigenvalue weighted by Gasteiger charge is -2.22. The Morgan fingerprint density at radius 1 is 0.358 bits per heavy atom. The Labute approximate surface area is 419 Å². The Bertz CT molecular complexity index is 959. The zero-order valence-corrected chi connectivity index (χ0v) is 45.7. The first-order valence-corrected chi connectivity index (χ1v) is 30.8. The van der Waals surface area contributed by atoms with Crippen LogP contribution in [0.1, 0.15) is 354 Å². The van der Waals surface area contributed by atoms with E-state index in [-0.39, 0.29) is 18.5 Å². The van der Waals surface area contributed by atoms with Gasteiger partial charge in [-0.05, 0) is 25.7 Å². The third-order valence-electron chi connectivity index (χ3n) is 14.7. The number of esters is 1. The fourth-order valence-corrected chi connectivity index (χ4v) is 9.94. The summed E-state index contributed by atoms with van der Waals surface area (Å²) in [4.78, 5) is 24.5. The SMILES string of the molecule is CCCCCCCCCCCCCCCC(=O)OCCCCCCCCCCCCCCCCCCCCCCCCCCC(=O)NC(CO)C(O)CCCCCCCCCCCCCCC. The van der Waals surface area contributed by atoms with E-state index in [1.807, 2.05) is 0 Å². The van der Waals surface area contributed by atoms with Gasteiger partial charge in [-0.1, -0.05) is 316 Å². The maximum Gasteiger partial charge on any atom is 0.305 e. The lowest BCUT2D eigenvalue weighted by Crippen LogP contribution is -2.45. The van der Waals surface area contributed by atoms with E-state index in [4.69, 9.17) is 4.74 Å². The van der Waals surface area contributed by atoms with Crippen LogP contribution in [0.3, 0.4) is 0 Å². The fourth-order valence-electron chi connectivity index (χ4n) is 9.94. The summed E-state index contributed by atoms with van der Waals surface area (Å²) >= 11 is 0. The topological polar surface area (TPSA) is 95.9 Å². The van der Waals surface area contributed by atoms with Crippen molar-refractivity contribution < 1.29 is 24.5 Å². The Hall–Kier alpha value is -1.14. The number of carbonyl (C=O) groups excluding carboxylic acids is 2. The Morgan fingerprint density at radius 3 is 0.910 bits per heavy atom. The molecular weight excluding hydrogens is 827 g/mol. The average Bonchev–Trinajstić information content (AvgIpc) is 3.33. The average molecular weight is 949 g/mol. The van der Waals surface area contributed by atoms with Crippen molar-refractivity contribution in [3.8, 4) is 0 Å². The van der Waals surface area contributed by atoms with Gasteiger partial charge in [0.2, 0.25) is 5.91 Å². The standard InChI is InChI=1S/C61H121NO5/c1-3-5-7-9-11-13-15-29-33-37-41-45-49-53-59(64)58(57-63)62-60(65)54-50-46-42-38-34-31-27-25-23-21-19-17-18-20-22-24-26-28-32-36-40-44-48-52-56-67-61(66)55-51-47-43-39-35-30-16-14-12-10-8-6-4-2/h58-59,63-64H,3-57H2,1-2H3,(H,62,65). The van der Waals surface area contributed by atoms with E-state index in [0.717, 1.165) is 38.5 Å². The molecule has 0 spiro atoms. The van der Waals surface area contributed by atoms with Crippen LogP contribution in [0, 0.1) is 0 Å². The van der Waals surface area contributed by atoms with Crippen molar-refractivity contribution in [3.05, 3.63) is 0 Å². The molecule has 0 aromatic heterocycles. The van der Waals surface area contributed by atoms with Crippen LogP contribution in [-0.2, 0) is 14.3 Å². The van der Waals surface area contributed by atoms with Gasteiger partial charge < -0.3 is 20.3 Å². The van der Waals surface area contributed by atoms with Gasteiger partial charge in [-0.15, -0.1) is 0 Å². The zero-order chi connectivity index (χ0) is 48.6. The number of carbonyl (C=O) groups is 2. The third kappa shape index (κ3) is 54.0. The van der Waals surface area contributed by atoms with Gasteiger partial charge in [-0.2, -0.15) is 0 Å². The first-order chi connectivity index (χ1) is 33.0. The van der Waals surface area contributed by atoms with Crippen molar-refractivity contribution in [1.82, 2.24) is 5.32 Å². The molecule has 6 nitrogen and oxygen atoms in total. The van der Waals surface area contributed by atoms with Gasteiger partial charge in [0.05, 0.1) is 25.4 Å². The molecule has 2 atom stereocenters. The molecule has 0 aliphatic carbocycles. The van der Waals surface area contributed by atoms with Crippen LogP contribution < -0.4 is 5.32 Å². The number of ether oxygens (including phenoxy) is 1. The molecule has 1 amide bonds. The van der Waals surface area contributed by atoms with E-state index < -0.39 is 12.1 Å². The molecular formula is C61H121NO5. The molecule has 0 aromatic carbocycles. The summed E-state index contributed by atoms with van der Waals surface area (Å²) in [6.07, 6.45) is 66.8. The number of nitrogens with one attached hydrogen (secondary N) is 1. The van der Waals surface area contributed by atoms with E-state index in [0.29, 0.717) is 25.9 Å². The number of rotatable bonds is 58. The van der Waals surface area contributed by atoms with Crippen molar-refractivity contribution in [2.45, 2.75) is 366 Å². The highest BCUT2D eigenvalue weighted by Crippen LogP contribution is 2.18. The molecule has 0 saturated carbocycles. The summed E-state index contributed by atoms with van der Waals surface area (Å²) in [5.74, 6) is -0.0138. The van der Waals surface area contributed by atoms with Gasteiger partial charge in [0.25, 0.3) is 0 Å². The van der Waals surface area contributed by atoms with Crippen LogP contribution in [0.25, 0.3) is 0 Å². The van der Waals surface area contributed by atoms with Gasteiger partial charge >= 0.3 is 5.97 Å². The quantitative estimate of drug-likeness (QED) is 0.0417. The number of hydrogen-bond donors (Lipinski definition) is 3. The van der Waals surface area contributed by atoms with Crippen LogP contribution in [0.5, 0.6) is 0 Å². The van der Waals surface area contributed by atoms with E-state index in [1.165, 1.54) is 283 Å². The summed E-state index contributed by atoms with van der Waals surface area (Å²) in [6.45, 7) is 4.98. The van der Waals surface area contributed by atoms with Crippen molar-refractivity contribution in [1.29, 1.82) is 0 Å².